The van der Waals surface area contributed by atoms with Gasteiger partial charge in [-0.05, 0) is 43.0 Å². The molecule has 2 aliphatic rings. The van der Waals surface area contributed by atoms with E-state index in [1.54, 1.807) is 0 Å². The highest BCUT2D eigenvalue weighted by Gasteiger charge is 2.40. The molecule has 0 radical (unpaired) electrons. The highest BCUT2D eigenvalue weighted by Crippen LogP contribution is 2.41. The number of hydrogen-bond donors (Lipinski definition) is 1. The molecule has 1 fully saturated rings. The summed E-state index contributed by atoms with van der Waals surface area (Å²) in [4.78, 5) is 13.6. The number of carbonyl (C=O) groups is 1. The molecule has 6 heteroatoms. The second-order valence-electron chi connectivity index (χ2n) is 6.50. The van der Waals surface area contributed by atoms with Crippen LogP contribution in [0.2, 0.25) is 0 Å². The maximum absolute atomic E-state index is 12.9. The number of nitrogens with zero attached hydrogens (tertiary/aromatic N) is 1. The van der Waals surface area contributed by atoms with E-state index in [4.69, 9.17) is 15.2 Å². The van der Waals surface area contributed by atoms with Gasteiger partial charge in [0, 0.05) is 31.5 Å². The van der Waals surface area contributed by atoms with Crippen LogP contribution in [-0.2, 0) is 11.2 Å². The summed E-state index contributed by atoms with van der Waals surface area (Å²) >= 11 is 0. The third-order valence-corrected chi connectivity index (χ3v) is 5.09. The van der Waals surface area contributed by atoms with Crippen molar-refractivity contribution >= 4 is 6.09 Å². The number of carbonyl (C=O) groups excluding carboxylic acids is 1. The zero-order valence-electron chi connectivity index (χ0n) is 14.0. The highest BCUT2D eigenvalue weighted by atomic mass is 19.1. The fourth-order valence-electron chi connectivity index (χ4n) is 4.03. The second kappa shape index (κ2) is 7.38. The summed E-state index contributed by atoms with van der Waals surface area (Å²) in [6.07, 6.45) is 0.916. The van der Waals surface area contributed by atoms with Crippen molar-refractivity contribution in [3.63, 3.8) is 0 Å². The van der Waals surface area contributed by atoms with Crippen LogP contribution in [0.4, 0.5) is 9.18 Å². The molecule has 1 aromatic rings. The molecular weight excluding hydrogens is 311 g/mol. The SMILES string of the molecule is CCOc1ccc2c(c1)CCN1C[C@@H](CC[19F])[C@@H](OC(N)=O)C[C@H]21. The lowest BCUT2D eigenvalue weighted by Gasteiger charge is -2.46. The van der Waals surface area contributed by atoms with Crippen molar-refractivity contribution in [3.05, 3.63) is 29.3 Å². The van der Waals surface area contributed by atoms with E-state index < -0.39 is 12.8 Å². The zero-order chi connectivity index (χ0) is 17.1. The molecule has 0 saturated carbocycles. The number of fused-ring (bicyclic) bond motifs is 3. The fourth-order valence-corrected chi connectivity index (χ4v) is 4.03. The smallest absolute Gasteiger partial charge is 0.404 e. The number of benzene rings is 1. The quantitative estimate of drug-likeness (QED) is 0.898. The van der Waals surface area contributed by atoms with Crippen molar-refractivity contribution in [3.8, 4) is 5.75 Å². The normalized spacial score (nSPS) is 26.3. The van der Waals surface area contributed by atoms with E-state index in [0.29, 0.717) is 19.4 Å². The standard InChI is InChI=1S/C18H25FN2O3/c1-2-23-14-3-4-15-12(9-14)6-8-21-11-13(5-7-19)17(10-16(15)21)24-18(20)22/h3-4,9,13,16-17H,2,5-8,10-11H2,1H3,(H2,20,22)/t13-,16-,17+/m1/s1/i19+0. The molecule has 0 bridgehead atoms. The topological polar surface area (TPSA) is 64.8 Å². The van der Waals surface area contributed by atoms with Crippen molar-refractivity contribution in [1.82, 2.24) is 4.90 Å². The molecule has 1 saturated heterocycles. The van der Waals surface area contributed by atoms with Gasteiger partial charge in [0.2, 0.25) is 0 Å². The van der Waals surface area contributed by atoms with E-state index in [1.807, 2.05) is 13.0 Å². The van der Waals surface area contributed by atoms with Crippen LogP contribution in [-0.4, -0.2) is 43.5 Å². The minimum Gasteiger partial charge on any atom is -0.494 e. The van der Waals surface area contributed by atoms with Gasteiger partial charge in [-0.25, -0.2) is 4.79 Å². The number of rotatable bonds is 5. The van der Waals surface area contributed by atoms with Crippen molar-refractivity contribution < 1.29 is 18.7 Å². The van der Waals surface area contributed by atoms with E-state index >= 15 is 0 Å². The van der Waals surface area contributed by atoms with Gasteiger partial charge in [0.1, 0.15) is 11.9 Å². The van der Waals surface area contributed by atoms with Crippen LogP contribution in [0.5, 0.6) is 5.75 Å². The summed E-state index contributed by atoms with van der Waals surface area (Å²) in [7, 11) is 0. The van der Waals surface area contributed by atoms with Gasteiger partial charge >= 0.3 is 6.09 Å². The minimum absolute atomic E-state index is 0.00278. The Hall–Kier alpha value is -1.82. The molecule has 5 nitrogen and oxygen atoms in total. The van der Waals surface area contributed by atoms with Gasteiger partial charge in [-0.3, -0.25) is 9.29 Å². The summed E-state index contributed by atoms with van der Waals surface area (Å²) in [5, 5.41) is 0. The Labute approximate surface area is 141 Å². The largest absolute Gasteiger partial charge is 0.494 e. The molecule has 1 amide bonds. The molecule has 3 rings (SSSR count). The van der Waals surface area contributed by atoms with Crippen LogP contribution in [0.1, 0.15) is 36.9 Å². The zero-order valence-corrected chi connectivity index (χ0v) is 14.0. The van der Waals surface area contributed by atoms with Gasteiger partial charge in [-0.1, -0.05) is 6.07 Å². The number of ether oxygens (including phenoxy) is 2. The fraction of sp³-hybridized carbons (Fsp3) is 0.611. The van der Waals surface area contributed by atoms with Gasteiger partial charge < -0.3 is 15.2 Å². The molecule has 0 spiro atoms. The molecule has 0 unspecified atom stereocenters. The minimum atomic E-state index is -0.778. The van der Waals surface area contributed by atoms with Gasteiger partial charge in [0.25, 0.3) is 0 Å². The molecule has 132 valence electrons. The average Bonchev–Trinajstić information content (AvgIpc) is 2.55. The summed E-state index contributed by atoms with van der Waals surface area (Å²) in [6.45, 7) is 3.88. The van der Waals surface area contributed by atoms with Gasteiger partial charge in [0.15, 0.2) is 0 Å². The number of nitrogens with two attached hydrogens (primary N) is 1. The molecular formula is C18H25FN2O3. The van der Waals surface area contributed by atoms with Crippen LogP contribution < -0.4 is 10.5 Å². The first-order valence-corrected chi connectivity index (χ1v) is 8.64. The summed E-state index contributed by atoms with van der Waals surface area (Å²) in [6, 6.07) is 6.38. The Morgan fingerprint density at radius 1 is 1.46 bits per heavy atom. The van der Waals surface area contributed by atoms with Crippen LogP contribution in [0.3, 0.4) is 0 Å². The van der Waals surface area contributed by atoms with E-state index in [9.17, 15) is 9.18 Å². The predicted octanol–water partition coefficient (Wildman–Crippen LogP) is 2.83. The summed E-state index contributed by atoms with van der Waals surface area (Å²) in [5.74, 6) is 0.892. The molecule has 3 atom stereocenters. The Bertz CT molecular complexity index is 596. The molecule has 0 aliphatic carbocycles. The number of piperidine rings is 1. The van der Waals surface area contributed by atoms with Crippen LogP contribution >= 0.6 is 0 Å². The first-order chi connectivity index (χ1) is 11.6. The average molecular weight is 336 g/mol. The van der Waals surface area contributed by atoms with Crippen molar-refractivity contribution in [2.75, 3.05) is 26.4 Å². The first-order valence-electron chi connectivity index (χ1n) is 8.64. The highest BCUT2D eigenvalue weighted by molar-refractivity contribution is 5.64. The van der Waals surface area contributed by atoms with Crippen LogP contribution in [0.25, 0.3) is 0 Å². The molecule has 2 heterocycles. The van der Waals surface area contributed by atoms with Gasteiger partial charge in [-0.15, -0.1) is 0 Å². The van der Waals surface area contributed by atoms with E-state index in [-0.39, 0.29) is 18.1 Å². The van der Waals surface area contributed by atoms with E-state index in [2.05, 4.69) is 17.0 Å². The lowest BCUT2D eigenvalue weighted by molar-refractivity contribution is -0.0245. The number of amides is 1. The van der Waals surface area contributed by atoms with E-state index in [0.717, 1.165) is 25.3 Å². The maximum atomic E-state index is 12.9. The molecule has 2 aliphatic heterocycles. The molecule has 24 heavy (non-hydrogen) atoms. The number of hydrogen-bond acceptors (Lipinski definition) is 4. The number of primary amides is 1. The van der Waals surface area contributed by atoms with Crippen LogP contribution in [0, 0.1) is 5.92 Å². The lowest BCUT2D eigenvalue weighted by Crippen LogP contribution is -2.49. The number of alkyl halides is 1. The lowest BCUT2D eigenvalue weighted by atomic mass is 9.81. The third kappa shape index (κ3) is 3.48. The van der Waals surface area contributed by atoms with E-state index in [1.165, 1.54) is 11.1 Å². The predicted molar refractivity (Wildman–Crippen MR) is 88.8 cm³/mol. The molecule has 2 N–H and O–H groups in total. The summed E-state index contributed by atoms with van der Waals surface area (Å²) < 4.78 is 23.8. The van der Waals surface area contributed by atoms with Crippen LogP contribution in [0.15, 0.2) is 18.2 Å². The molecule has 1 aromatic carbocycles. The Morgan fingerprint density at radius 3 is 3.00 bits per heavy atom. The van der Waals surface area contributed by atoms with Gasteiger partial charge in [0.05, 0.1) is 13.3 Å². The Morgan fingerprint density at radius 2 is 2.29 bits per heavy atom. The first kappa shape index (κ1) is 17.0. The van der Waals surface area contributed by atoms with Gasteiger partial charge in [-0.2, -0.15) is 0 Å². The molecule has 0 aromatic heterocycles. The van der Waals surface area contributed by atoms with Crippen molar-refractivity contribution in [1.29, 1.82) is 0 Å². The van der Waals surface area contributed by atoms with Crippen molar-refractivity contribution in [2.45, 2.75) is 38.3 Å². The van der Waals surface area contributed by atoms with Crippen molar-refractivity contribution in [2.24, 2.45) is 11.7 Å². The Kier molecular flexibility index (Phi) is 5.23. The second-order valence-corrected chi connectivity index (χ2v) is 6.50. The monoisotopic (exact) mass is 336 g/mol. The Balaban J connectivity index is 1.82. The maximum Gasteiger partial charge on any atom is 0.404 e. The number of halogens is 1. The third-order valence-electron chi connectivity index (χ3n) is 5.09. The summed E-state index contributed by atoms with van der Waals surface area (Å²) in [5.41, 5.74) is 7.75.